The number of aromatic amines is 1. The van der Waals surface area contributed by atoms with E-state index in [0.29, 0.717) is 22.9 Å². The second-order valence-electron chi connectivity index (χ2n) is 6.17. The van der Waals surface area contributed by atoms with Crippen molar-refractivity contribution in [2.45, 2.75) is 25.8 Å². The van der Waals surface area contributed by atoms with Gasteiger partial charge in [0.05, 0.1) is 24.4 Å². The summed E-state index contributed by atoms with van der Waals surface area (Å²) in [6.07, 6.45) is 5.27. The number of methoxy groups -OCH3 is 1. The van der Waals surface area contributed by atoms with Crippen molar-refractivity contribution in [2.75, 3.05) is 18.6 Å². The highest BCUT2D eigenvalue weighted by molar-refractivity contribution is 5.88. The first-order valence-corrected chi connectivity index (χ1v) is 8.08. The van der Waals surface area contributed by atoms with Crippen molar-refractivity contribution in [2.24, 2.45) is 0 Å². The van der Waals surface area contributed by atoms with E-state index in [2.05, 4.69) is 21.8 Å². The fourth-order valence-corrected chi connectivity index (χ4v) is 3.42. The first kappa shape index (κ1) is 14.8. The zero-order valence-corrected chi connectivity index (χ0v) is 13.7. The minimum Gasteiger partial charge on any atom is -0.496 e. The molecule has 2 aromatic heterocycles. The number of anilines is 1. The zero-order valence-electron chi connectivity index (χ0n) is 13.7. The molecule has 1 atom stereocenters. The van der Waals surface area contributed by atoms with Crippen molar-refractivity contribution in [3.63, 3.8) is 0 Å². The van der Waals surface area contributed by atoms with Gasteiger partial charge in [0.25, 0.3) is 0 Å². The van der Waals surface area contributed by atoms with Crippen LogP contribution in [0.25, 0.3) is 22.2 Å². The quantitative estimate of drug-likeness (QED) is 0.801. The average Bonchev–Trinajstić information content (AvgIpc) is 3.25. The van der Waals surface area contributed by atoms with Crippen LogP contribution in [0.5, 0.6) is 5.75 Å². The van der Waals surface area contributed by atoms with E-state index >= 15 is 0 Å². The van der Waals surface area contributed by atoms with Crippen molar-refractivity contribution in [1.29, 1.82) is 0 Å². The monoisotopic (exact) mass is 325 g/mol. The lowest BCUT2D eigenvalue weighted by molar-refractivity contribution is 0.415. The third-order valence-electron chi connectivity index (χ3n) is 4.70. The van der Waals surface area contributed by atoms with E-state index in [4.69, 9.17) is 9.15 Å². The molecule has 0 spiro atoms. The highest BCUT2D eigenvalue weighted by Crippen LogP contribution is 2.33. The summed E-state index contributed by atoms with van der Waals surface area (Å²) in [5.41, 5.74) is 1.47. The SMILES string of the molecule is COc1cc2[nH]c(N3CCCC3C)cc(=O)c2cc1-c1cnco1. The summed E-state index contributed by atoms with van der Waals surface area (Å²) in [5, 5.41) is 0.609. The van der Waals surface area contributed by atoms with E-state index in [0.717, 1.165) is 36.3 Å². The van der Waals surface area contributed by atoms with Gasteiger partial charge < -0.3 is 19.0 Å². The van der Waals surface area contributed by atoms with Crippen LogP contribution in [-0.4, -0.2) is 29.7 Å². The maximum atomic E-state index is 12.7. The van der Waals surface area contributed by atoms with E-state index in [1.165, 1.54) is 6.39 Å². The minimum absolute atomic E-state index is 0.0127. The topological polar surface area (TPSA) is 71.4 Å². The number of H-pyrrole nitrogens is 1. The van der Waals surface area contributed by atoms with Crippen LogP contribution in [0, 0.1) is 0 Å². The predicted octanol–water partition coefficient (Wildman–Crippen LogP) is 3.18. The Kier molecular flexibility index (Phi) is 3.52. The normalized spacial score (nSPS) is 17.6. The van der Waals surface area contributed by atoms with Crippen LogP contribution >= 0.6 is 0 Å². The van der Waals surface area contributed by atoms with E-state index in [9.17, 15) is 4.79 Å². The number of aromatic nitrogens is 2. The van der Waals surface area contributed by atoms with Crippen LogP contribution < -0.4 is 15.1 Å². The second kappa shape index (κ2) is 5.70. The molecule has 1 saturated heterocycles. The molecule has 0 amide bonds. The fraction of sp³-hybridized carbons (Fsp3) is 0.333. The van der Waals surface area contributed by atoms with Crippen LogP contribution in [0.2, 0.25) is 0 Å². The van der Waals surface area contributed by atoms with Gasteiger partial charge in [-0.15, -0.1) is 0 Å². The molecule has 4 rings (SSSR count). The molecule has 0 saturated carbocycles. The highest BCUT2D eigenvalue weighted by atomic mass is 16.5. The predicted molar refractivity (Wildman–Crippen MR) is 92.7 cm³/mol. The minimum atomic E-state index is -0.0127. The molecule has 124 valence electrons. The summed E-state index contributed by atoms with van der Waals surface area (Å²) in [6, 6.07) is 5.76. The number of ether oxygens (including phenoxy) is 1. The Hall–Kier alpha value is -2.76. The van der Waals surface area contributed by atoms with Gasteiger partial charge in [-0.1, -0.05) is 0 Å². The molecule has 1 N–H and O–H groups in total. The Morgan fingerprint density at radius 2 is 2.25 bits per heavy atom. The van der Waals surface area contributed by atoms with Crippen molar-refractivity contribution in [3.8, 4) is 17.1 Å². The van der Waals surface area contributed by atoms with Crippen molar-refractivity contribution >= 4 is 16.7 Å². The molecule has 6 nitrogen and oxygen atoms in total. The molecule has 0 aliphatic carbocycles. The van der Waals surface area contributed by atoms with Crippen LogP contribution in [0.15, 0.2) is 40.0 Å². The Balaban J connectivity index is 1.90. The number of rotatable bonds is 3. The van der Waals surface area contributed by atoms with Gasteiger partial charge in [0.2, 0.25) is 0 Å². The number of fused-ring (bicyclic) bond motifs is 1. The zero-order chi connectivity index (χ0) is 16.7. The summed E-state index contributed by atoms with van der Waals surface area (Å²) < 4.78 is 10.8. The smallest absolute Gasteiger partial charge is 0.191 e. The van der Waals surface area contributed by atoms with Crippen LogP contribution in [0.3, 0.4) is 0 Å². The van der Waals surface area contributed by atoms with Gasteiger partial charge in [-0.05, 0) is 25.8 Å². The molecule has 0 radical (unpaired) electrons. The lowest BCUT2D eigenvalue weighted by Crippen LogP contribution is -2.28. The standard InChI is InChI=1S/C18H19N3O3/c1-11-4-3-5-21(11)18-8-15(22)12-6-13(17-9-19-10-24-17)16(23-2)7-14(12)20-18/h6-11H,3-5H2,1-2H3,(H,20,22). The van der Waals surface area contributed by atoms with E-state index in [1.807, 2.05) is 6.07 Å². The molecule has 1 aliphatic heterocycles. The maximum Gasteiger partial charge on any atom is 0.191 e. The first-order valence-electron chi connectivity index (χ1n) is 8.08. The fourth-order valence-electron chi connectivity index (χ4n) is 3.42. The number of benzene rings is 1. The Morgan fingerprint density at radius 3 is 2.92 bits per heavy atom. The van der Waals surface area contributed by atoms with Crippen molar-refractivity contribution in [1.82, 2.24) is 9.97 Å². The molecular formula is C18H19N3O3. The van der Waals surface area contributed by atoms with Gasteiger partial charge in [-0.3, -0.25) is 4.79 Å². The van der Waals surface area contributed by atoms with Gasteiger partial charge in [-0.25, -0.2) is 4.98 Å². The third-order valence-corrected chi connectivity index (χ3v) is 4.70. The van der Waals surface area contributed by atoms with Gasteiger partial charge in [0, 0.05) is 30.1 Å². The highest BCUT2D eigenvalue weighted by Gasteiger charge is 2.22. The summed E-state index contributed by atoms with van der Waals surface area (Å²) in [4.78, 5) is 22.2. The molecular weight excluding hydrogens is 306 g/mol. The Morgan fingerprint density at radius 1 is 1.38 bits per heavy atom. The van der Waals surface area contributed by atoms with E-state index < -0.39 is 0 Å². The van der Waals surface area contributed by atoms with Gasteiger partial charge in [-0.2, -0.15) is 0 Å². The lowest BCUT2D eigenvalue weighted by atomic mass is 10.1. The summed E-state index contributed by atoms with van der Waals surface area (Å²) >= 11 is 0. The molecule has 3 heterocycles. The molecule has 3 aromatic rings. The molecule has 1 aliphatic rings. The summed E-state index contributed by atoms with van der Waals surface area (Å²) in [7, 11) is 1.60. The van der Waals surface area contributed by atoms with E-state index in [-0.39, 0.29) is 5.43 Å². The second-order valence-corrected chi connectivity index (χ2v) is 6.17. The Bertz CT molecular complexity index is 931. The van der Waals surface area contributed by atoms with Crippen LogP contribution in [-0.2, 0) is 0 Å². The molecule has 24 heavy (non-hydrogen) atoms. The van der Waals surface area contributed by atoms with Crippen molar-refractivity contribution in [3.05, 3.63) is 41.0 Å². The number of nitrogens with zero attached hydrogens (tertiary/aromatic N) is 2. The van der Waals surface area contributed by atoms with Gasteiger partial charge >= 0.3 is 0 Å². The Labute approximate surface area is 139 Å². The molecule has 1 unspecified atom stereocenters. The molecule has 0 bridgehead atoms. The first-order chi connectivity index (χ1) is 11.7. The average molecular weight is 325 g/mol. The van der Waals surface area contributed by atoms with Crippen molar-refractivity contribution < 1.29 is 9.15 Å². The number of pyridine rings is 1. The lowest BCUT2D eigenvalue weighted by Gasteiger charge is -2.23. The van der Waals surface area contributed by atoms with Crippen LogP contribution in [0.1, 0.15) is 19.8 Å². The molecule has 6 heteroatoms. The largest absolute Gasteiger partial charge is 0.496 e. The number of oxazole rings is 1. The summed E-state index contributed by atoms with van der Waals surface area (Å²) in [6.45, 7) is 3.15. The molecule has 1 fully saturated rings. The summed E-state index contributed by atoms with van der Waals surface area (Å²) in [5.74, 6) is 2.08. The maximum absolute atomic E-state index is 12.7. The van der Waals surface area contributed by atoms with Gasteiger partial charge in [0.1, 0.15) is 11.6 Å². The number of hydrogen-bond acceptors (Lipinski definition) is 5. The third kappa shape index (κ3) is 2.35. The van der Waals surface area contributed by atoms with Gasteiger partial charge in [0.15, 0.2) is 17.6 Å². The molecule has 1 aromatic carbocycles. The number of hydrogen-bond donors (Lipinski definition) is 1. The van der Waals surface area contributed by atoms with E-state index in [1.54, 1.807) is 25.4 Å². The van der Waals surface area contributed by atoms with Crippen LogP contribution in [0.4, 0.5) is 5.82 Å². The number of nitrogens with one attached hydrogen (secondary N) is 1.